The third-order valence-electron chi connectivity index (χ3n) is 3.80. The average molecular weight is 269 g/mol. The molecule has 0 aliphatic carbocycles. The number of primary amides is 1. The van der Waals surface area contributed by atoms with E-state index in [0.29, 0.717) is 18.8 Å². The minimum atomic E-state index is -0.232. The Hall–Kier alpha value is -1.10. The van der Waals surface area contributed by atoms with Gasteiger partial charge in [-0.1, -0.05) is 12.8 Å². The van der Waals surface area contributed by atoms with Crippen LogP contribution < -0.4 is 11.5 Å². The second-order valence-electron chi connectivity index (χ2n) is 5.45. The fourth-order valence-corrected chi connectivity index (χ4v) is 2.60. The fraction of sp³-hybridized carbons (Fsp3) is 0.857. The van der Waals surface area contributed by atoms with Crippen LogP contribution in [0.1, 0.15) is 51.4 Å². The van der Waals surface area contributed by atoms with E-state index in [9.17, 15) is 9.59 Å². The molecule has 0 spiro atoms. The summed E-state index contributed by atoms with van der Waals surface area (Å²) in [6.45, 7) is 2.29. The Morgan fingerprint density at radius 3 is 2.26 bits per heavy atom. The van der Waals surface area contributed by atoms with Crippen molar-refractivity contribution in [1.82, 2.24) is 4.90 Å². The molecule has 1 aliphatic heterocycles. The summed E-state index contributed by atoms with van der Waals surface area (Å²) in [5, 5.41) is 0. The minimum Gasteiger partial charge on any atom is -0.370 e. The van der Waals surface area contributed by atoms with Gasteiger partial charge in [0, 0.05) is 25.9 Å². The second kappa shape index (κ2) is 8.91. The van der Waals surface area contributed by atoms with E-state index < -0.39 is 0 Å². The number of likely N-dealkylation sites (tertiary alicyclic amines) is 1. The second-order valence-corrected chi connectivity index (χ2v) is 5.45. The van der Waals surface area contributed by atoms with Gasteiger partial charge < -0.3 is 16.4 Å². The molecule has 1 fully saturated rings. The first kappa shape index (κ1) is 16.0. The van der Waals surface area contributed by atoms with Gasteiger partial charge in [0.1, 0.15) is 0 Å². The van der Waals surface area contributed by atoms with E-state index in [1.54, 1.807) is 0 Å². The van der Waals surface area contributed by atoms with E-state index in [-0.39, 0.29) is 11.8 Å². The molecule has 0 saturated carbocycles. The van der Waals surface area contributed by atoms with Gasteiger partial charge in [0.2, 0.25) is 11.8 Å². The quantitative estimate of drug-likeness (QED) is 0.644. The van der Waals surface area contributed by atoms with Crippen LogP contribution >= 0.6 is 0 Å². The molecule has 0 aromatic heterocycles. The van der Waals surface area contributed by atoms with Crippen LogP contribution in [0.3, 0.4) is 0 Å². The number of rotatable bonds is 8. The summed E-state index contributed by atoms with van der Waals surface area (Å²) >= 11 is 0. The maximum Gasteiger partial charge on any atom is 0.222 e. The number of nitrogens with zero attached hydrogens (tertiary/aromatic N) is 1. The zero-order chi connectivity index (χ0) is 14.1. The third-order valence-corrected chi connectivity index (χ3v) is 3.80. The van der Waals surface area contributed by atoms with Crippen molar-refractivity contribution in [2.45, 2.75) is 51.4 Å². The Morgan fingerprint density at radius 1 is 1.05 bits per heavy atom. The van der Waals surface area contributed by atoms with Crippen molar-refractivity contribution in [3.63, 3.8) is 0 Å². The molecule has 1 aliphatic rings. The molecule has 1 rings (SSSR count). The fourth-order valence-electron chi connectivity index (χ4n) is 2.60. The lowest BCUT2D eigenvalue weighted by Gasteiger charge is -2.31. The molecule has 0 unspecified atom stereocenters. The number of carbonyl (C=O) groups excluding carboxylic acids is 2. The van der Waals surface area contributed by atoms with Crippen LogP contribution in [-0.4, -0.2) is 36.3 Å². The lowest BCUT2D eigenvalue weighted by molar-refractivity contribution is -0.132. The molecule has 1 heterocycles. The van der Waals surface area contributed by atoms with Crippen LogP contribution in [-0.2, 0) is 9.59 Å². The van der Waals surface area contributed by atoms with E-state index in [1.807, 2.05) is 4.90 Å². The molecule has 0 radical (unpaired) electrons. The number of hydrogen-bond acceptors (Lipinski definition) is 3. The van der Waals surface area contributed by atoms with E-state index in [4.69, 9.17) is 11.5 Å². The number of amides is 2. The molecule has 2 amide bonds. The smallest absolute Gasteiger partial charge is 0.222 e. The molecular formula is C14H27N3O2. The Balaban J connectivity index is 2.12. The molecule has 0 aromatic carbocycles. The number of unbranched alkanes of at least 4 members (excludes halogenated alkanes) is 3. The van der Waals surface area contributed by atoms with E-state index in [0.717, 1.165) is 58.2 Å². The van der Waals surface area contributed by atoms with Gasteiger partial charge in [0.25, 0.3) is 0 Å². The van der Waals surface area contributed by atoms with E-state index in [1.165, 1.54) is 0 Å². The first-order valence-electron chi connectivity index (χ1n) is 7.39. The predicted octanol–water partition coefficient (Wildman–Crippen LogP) is 1.01. The standard InChI is InChI=1S/C14H27N3O2/c15-8-4-2-1-3-5-14(19)17-9-6-12(7-10-17)11-13(16)18/h12H,1-11,15H2,(H2,16,18). The van der Waals surface area contributed by atoms with Crippen LogP contribution in [0, 0.1) is 5.92 Å². The van der Waals surface area contributed by atoms with Crippen molar-refractivity contribution in [2.24, 2.45) is 17.4 Å². The van der Waals surface area contributed by atoms with Crippen LogP contribution in [0.2, 0.25) is 0 Å². The molecule has 1 saturated heterocycles. The minimum absolute atomic E-state index is 0.232. The van der Waals surface area contributed by atoms with Crippen LogP contribution in [0.15, 0.2) is 0 Å². The average Bonchev–Trinajstić information content (AvgIpc) is 2.38. The monoisotopic (exact) mass is 269 g/mol. The Bertz CT molecular complexity index is 286. The van der Waals surface area contributed by atoms with Gasteiger partial charge in [-0.25, -0.2) is 0 Å². The highest BCUT2D eigenvalue weighted by Crippen LogP contribution is 2.21. The Labute approximate surface area is 115 Å². The number of hydrogen-bond donors (Lipinski definition) is 2. The molecule has 5 heteroatoms. The van der Waals surface area contributed by atoms with Crippen LogP contribution in [0.25, 0.3) is 0 Å². The molecule has 5 nitrogen and oxygen atoms in total. The van der Waals surface area contributed by atoms with Gasteiger partial charge in [-0.05, 0) is 38.1 Å². The van der Waals surface area contributed by atoms with Gasteiger partial charge in [-0.3, -0.25) is 9.59 Å². The number of nitrogens with two attached hydrogens (primary N) is 2. The molecule has 19 heavy (non-hydrogen) atoms. The van der Waals surface area contributed by atoms with E-state index in [2.05, 4.69) is 0 Å². The lowest BCUT2D eigenvalue weighted by atomic mass is 9.93. The summed E-state index contributed by atoms with van der Waals surface area (Å²) in [7, 11) is 0. The van der Waals surface area contributed by atoms with E-state index >= 15 is 0 Å². The van der Waals surface area contributed by atoms with Crippen molar-refractivity contribution < 1.29 is 9.59 Å². The molecule has 110 valence electrons. The SMILES string of the molecule is NCCCCCCC(=O)N1CCC(CC(N)=O)CC1. The van der Waals surface area contributed by atoms with Gasteiger partial charge >= 0.3 is 0 Å². The van der Waals surface area contributed by atoms with Gasteiger partial charge in [-0.2, -0.15) is 0 Å². The zero-order valence-electron chi connectivity index (χ0n) is 11.8. The van der Waals surface area contributed by atoms with Crippen molar-refractivity contribution in [2.75, 3.05) is 19.6 Å². The van der Waals surface area contributed by atoms with Crippen LogP contribution in [0.5, 0.6) is 0 Å². The highest BCUT2D eigenvalue weighted by Gasteiger charge is 2.23. The van der Waals surface area contributed by atoms with Gasteiger partial charge in [0.05, 0.1) is 0 Å². The summed E-state index contributed by atoms with van der Waals surface area (Å²) in [4.78, 5) is 24.7. The Kier molecular flexibility index (Phi) is 7.48. The highest BCUT2D eigenvalue weighted by atomic mass is 16.2. The maximum absolute atomic E-state index is 12.0. The van der Waals surface area contributed by atoms with Gasteiger partial charge in [0.15, 0.2) is 0 Å². The highest BCUT2D eigenvalue weighted by molar-refractivity contribution is 5.76. The first-order chi connectivity index (χ1) is 9.13. The topological polar surface area (TPSA) is 89.4 Å². The summed E-state index contributed by atoms with van der Waals surface area (Å²) in [6.07, 6.45) is 7.12. The lowest BCUT2D eigenvalue weighted by Crippen LogP contribution is -2.39. The third kappa shape index (κ3) is 6.57. The molecule has 0 atom stereocenters. The van der Waals surface area contributed by atoms with Gasteiger partial charge in [-0.15, -0.1) is 0 Å². The van der Waals surface area contributed by atoms with Crippen LogP contribution in [0.4, 0.5) is 0 Å². The Morgan fingerprint density at radius 2 is 1.68 bits per heavy atom. The van der Waals surface area contributed by atoms with Crippen molar-refractivity contribution >= 4 is 11.8 Å². The largest absolute Gasteiger partial charge is 0.370 e. The van der Waals surface area contributed by atoms with Crippen molar-refractivity contribution in [1.29, 1.82) is 0 Å². The summed E-state index contributed by atoms with van der Waals surface area (Å²) in [6, 6.07) is 0. The summed E-state index contributed by atoms with van der Waals surface area (Å²) in [5.74, 6) is 0.390. The maximum atomic E-state index is 12.0. The van der Waals surface area contributed by atoms with Crippen molar-refractivity contribution in [3.05, 3.63) is 0 Å². The first-order valence-corrected chi connectivity index (χ1v) is 7.39. The normalized spacial score (nSPS) is 16.6. The number of carbonyl (C=O) groups is 2. The predicted molar refractivity (Wildman–Crippen MR) is 75.3 cm³/mol. The molecule has 0 bridgehead atoms. The summed E-state index contributed by atoms with van der Waals surface area (Å²) < 4.78 is 0. The molecule has 4 N–H and O–H groups in total. The number of piperidine rings is 1. The molecule has 0 aromatic rings. The molecular weight excluding hydrogens is 242 g/mol. The summed E-state index contributed by atoms with van der Waals surface area (Å²) in [5.41, 5.74) is 10.6. The zero-order valence-corrected chi connectivity index (χ0v) is 11.8. The van der Waals surface area contributed by atoms with Crippen molar-refractivity contribution in [3.8, 4) is 0 Å².